The van der Waals surface area contributed by atoms with Crippen molar-refractivity contribution in [3.05, 3.63) is 28.5 Å². The van der Waals surface area contributed by atoms with Crippen molar-refractivity contribution < 1.29 is 5.11 Å². The van der Waals surface area contributed by atoms with Gasteiger partial charge in [0, 0.05) is 24.0 Å². The number of halogens is 1. The lowest BCUT2D eigenvalue weighted by Gasteiger charge is -2.00. The van der Waals surface area contributed by atoms with Crippen LogP contribution in [0.3, 0.4) is 0 Å². The zero-order valence-electron chi connectivity index (χ0n) is 9.54. The zero-order chi connectivity index (χ0) is 12.1. The Morgan fingerprint density at radius 3 is 3.06 bits per heavy atom. The van der Waals surface area contributed by atoms with E-state index in [1.165, 1.54) is 0 Å². The quantitative estimate of drug-likeness (QED) is 0.713. The molecule has 0 bridgehead atoms. The SMILES string of the molecule is OCCCNCCc1nc2ccc(Br)cc2[nH]1. The molecule has 0 fully saturated rings. The number of imidazole rings is 1. The molecule has 0 aliphatic carbocycles. The molecule has 92 valence electrons. The summed E-state index contributed by atoms with van der Waals surface area (Å²) in [6.07, 6.45) is 1.67. The van der Waals surface area contributed by atoms with Gasteiger partial charge in [-0.15, -0.1) is 0 Å². The molecule has 0 saturated carbocycles. The van der Waals surface area contributed by atoms with E-state index < -0.39 is 0 Å². The van der Waals surface area contributed by atoms with Crippen LogP contribution in [-0.4, -0.2) is 34.8 Å². The maximum Gasteiger partial charge on any atom is 0.108 e. The van der Waals surface area contributed by atoms with E-state index in [0.29, 0.717) is 0 Å². The van der Waals surface area contributed by atoms with Gasteiger partial charge in [-0.1, -0.05) is 15.9 Å². The van der Waals surface area contributed by atoms with Gasteiger partial charge in [0.25, 0.3) is 0 Å². The molecular weight excluding hydrogens is 282 g/mol. The average Bonchev–Trinajstić information content (AvgIpc) is 2.70. The molecular formula is C12H16BrN3O. The molecule has 0 aliphatic heterocycles. The maximum absolute atomic E-state index is 8.64. The normalized spacial score (nSPS) is 11.2. The standard InChI is InChI=1S/C12H16BrN3O/c13-9-2-3-10-11(8-9)16-12(15-10)4-6-14-5-1-7-17/h2-3,8,14,17H,1,4-7H2,(H,15,16). The molecule has 0 radical (unpaired) electrons. The number of aromatic amines is 1. The molecule has 3 N–H and O–H groups in total. The highest BCUT2D eigenvalue weighted by Gasteiger charge is 2.02. The number of benzene rings is 1. The molecule has 0 unspecified atom stereocenters. The number of nitrogens with zero attached hydrogens (tertiary/aromatic N) is 1. The molecule has 0 atom stereocenters. The van der Waals surface area contributed by atoms with Crippen molar-refractivity contribution in [1.29, 1.82) is 0 Å². The van der Waals surface area contributed by atoms with Crippen LogP contribution in [0, 0.1) is 0 Å². The molecule has 17 heavy (non-hydrogen) atoms. The number of nitrogens with one attached hydrogen (secondary N) is 2. The first-order valence-electron chi connectivity index (χ1n) is 5.75. The van der Waals surface area contributed by atoms with Crippen LogP contribution >= 0.6 is 15.9 Å². The summed E-state index contributed by atoms with van der Waals surface area (Å²) >= 11 is 3.44. The minimum absolute atomic E-state index is 0.242. The smallest absolute Gasteiger partial charge is 0.108 e. The Balaban J connectivity index is 1.91. The van der Waals surface area contributed by atoms with E-state index in [0.717, 1.165) is 47.3 Å². The van der Waals surface area contributed by atoms with Gasteiger partial charge in [-0.2, -0.15) is 0 Å². The number of fused-ring (bicyclic) bond motifs is 1. The highest BCUT2D eigenvalue weighted by atomic mass is 79.9. The highest BCUT2D eigenvalue weighted by Crippen LogP contribution is 2.17. The third kappa shape index (κ3) is 3.52. The van der Waals surface area contributed by atoms with E-state index in [-0.39, 0.29) is 6.61 Å². The monoisotopic (exact) mass is 297 g/mol. The van der Waals surface area contributed by atoms with Gasteiger partial charge in [0.1, 0.15) is 5.82 Å². The Bertz CT molecular complexity index is 484. The summed E-state index contributed by atoms with van der Waals surface area (Å²) in [7, 11) is 0. The second kappa shape index (κ2) is 6.14. The molecule has 1 aromatic carbocycles. The van der Waals surface area contributed by atoms with Crippen molar-refractivity contribution in [2.75, 3.05) is 19.7 Å². The molecule has 0 spiro atoms. The van der Waals surface area contributed by atoms with E-state index in [4.69, 9.17) is 5.11 Å². The Kier molecular flexibility index (Phi) is 4.53. The molecule has 0 amide bonds. The van der Waals surface area contributed by atoms with Gasteiger partial charge in [-0.3, -0.25) is 0 Å². The first kappa shape index (κ1) is 12.5. The Morgan fingerprint density at radius 2 is 2.24 bits per heavy atom. The van der Waals surface area contributed by atoms with Crippen molar-refractivity contribution in [2.45, 2.75) is 12.8 Å². The van der Waals surface area contributed by atoms with Gasteiger partial charge in [-0.05, 0) is 31.2 Å². The van der Waals surface area contributed by atoms with Crippen molar-refractivity contribution >= 4 is 27.0 Å². The van der Waals surface area contributed by atoms with Crippen LogP contribution in [0.4, 0.5) is 0 Å². The Labute approximate surface area is 109 Å². The first-order chi connectivity index (χ1) is 8.29. The predicted octanol–water partition coefficient (Wildman–Crippen LogP) is 1.84. The van der Waals surface area contributed by atoms with Gasteiger partial charge in [0.05, 0.1) is 11.0 Å². The Hall–Kier alpha value is -0.910. The van der Waals surface area contributed by atoms with Crippen molar-refractivity contribution in [2.24, 2.45) is 0 Å². The average molecular weight is 298 g/mol. The fraction of sp³-hybridized carbons (Fsp3) is 0.417. The van der Waals surface area contributed by atoms with Crippen LogP contribution in [-0.2, 0) is 6.42 Å². The molecule has 2 aromatic rings. The lowest BCUT2D eigenvalue weighted by atomic mass is 10.3. The molecule has 1 aromatic heterocycles. The first-order valence-corrected chi connectivity index (χ1v) is 6.54. The summed E-state index contributed by atoms with van der Waals surface area (Å²) in [5, 5.41) is 11.9. The van der Waals surface area contributed by atoms with Crippen LogP contribution in [0.1, 0.15) is 12.2 Å². The fourth-order valence-corrected chi connectivity index (χ4v) is 2.05. The molecule has 5 heteroatoms. The largest absolute Gasteiger partial charge is 0.396 e. The number of hydrogen-bond donors (Lipinski definition) is 3. The van der Waals surface area contributed by atoms with E-state index in [2.05, 4.69) is 31.2 Å². The van der Waals surface area contributed by atoms with E-state index in [9.17, 15) is 0 Å². The van der Waals surface area contributed by atoms with Crippen molar-refractivity contribution in [3.8, 4) is 0 Å². The second-order valence-corrected chi connectivity index (χ2v) is 4.84. The summed E-state index contributed by atoms with van der Waals surface area (Å²) in [5.74, 6) is 0.995. The van der Waals surface area contributed by atoms with Crippen molar-refractivity contribution in [1.82, 2.24) is 15.3 Å². The van der Waals surface area contributed by atoms with Crippen LogP contribution in [0.5, 0.6) is 0 Å². The topological polar surface area (TPSA) is 60.9 Å². The minimum atomic E-state index is 0.242. The summed E-state index contributed by atoms with van der Waals surface area (Å²) < 4.78 is 1.06. The van der Waals surface area contributed by atoms with Crippen LogP contribution < -0.4 is 5.32 Å². The lowest BCUT2D eigenvalue weighted by molar-refractivity contribution is 0.286. The van der Waals surface area contributed by atoms with E-state index in [1.54, 1.807) is 0 Å². The Morgan fingerprint density at radius 1 is 1.35 bits per heavy atom. The van der Waals surface area contributed by atoms with Crippen molar-refractivity contribution in [3.63, 3.8) is 0 Å². The van der Waals surface area contributed by atoms with Gasteiger partial charge in [0.15, 0.2) is 0 Å². The molecule has 2 rings (SSSR count). The summed E-state index contributed by atoms with van der Waals surface area (Å²) in [6, 6.07) is 6.02. The van der Waals surface area contributed by atoms with Gasteiger partial charge in [0.2, 0.25) is 0 Å². The third-order valence-electron chi connectivity index (χ3n) is 2.54. The van der Waals surface area contributed by atoms with Gasteiger partial charge in [-0.25, -0.2) is 4.98 Å². The molecule has 0 aliphatic rings. The van der Waals surface area contributed by atoms with Gasteiger partial charge < -0.3 is 15.4 Å². The predicted molar refractivity (Wildman–Crippen MR) is 72.1 cm³/mol. The second-order valence-electron chi connectivity index (χ2n) is 3.92. The number of aromatic nitrogens is 2. The summed E-state index contributed by atoms with van der Waals surface area (Å²) in [6.45, 7) is 1.97. The zero-order valence-corrected chi connectivity index (χ0v) is 11.1. The number of rotatable bonds is 6. The molecule has 0 saturated heterocycles. The highest BCUT2D eigenvalue weighted by molar-refractivity contribution is 9.10. The van der Waals surface area contributed by atoms with Crippen LogP contribution in [0.25, 0.3) is 11.0 Å². The van der Waals surface area contributed by atoms with Crippen LogP contribution in [0.2, 0.25) is 0 Å². The number of hydrogen-bond acceptors (Lipinski definition) is 3. The number of H-pyrrole nitrogens is 1. The maximum atomic E-state index is 8.64. The lowest BCUT2D eigenvalue weighted by Crippen LogP contribution is -2.19. The third-order valence-corrected chi connectivity index (χ3v) is 3.04. The van der Waals surface area contributed by atoms with E-state index >= 15 is 0 Å². The van der Waals surface area contributed by atoms with E-state index in [1.807, 2.05) is 18.2 Å². The minimum Gasteiger partial charge on any atom is -0.396 e. The number of aliphatic hydroxyl groups is 1. The molecule has 1 heterocycles. The van der Waals surface area contributed by atoms with Gasteiger partial charge >= 0.3 is 0 Å². The number of aliphatic hydroxyl groups excluding tert-OH is 1. The summed E-state index contributed by atoms with van der Waals surface area (Å²) in [4.78, 5) is 7.80. The fourth-order valence-electron chi connectivity index (χ4n) is 1.69. The molecule has 4 nitrogen and oxygen atoms in total. The van der Waals surface area contributed by atoms with Crippen LogP contribution in [0.15, 0.2) is 22.7 Å². The summed E-state index contributed by atoms with van der Waals surface area (Å²) in [5.41, 5.74) is 2.06.